The molecule has 1 aliphatic rings. The summed E-state index contributed by atoms with van der Waals surface area (Å²) in [6.07, 6.45) is 0.581. The van der Waals surface area contributed by atoms with E-state index in [0.717, 1.165) is 5.56 Å². The normalized spacial score (nSPS) is 17.6. The molecule has 19 heavy (non-hydrogen) atoms. The molecule has 0 saturated heterocycles. The van der Waals surface area contributed by atoms with Gasteiger partial charge in [-0.3, -0.25) is 14.5 Å². The highest BCUT2D eigenvalue weighted by atomic mass is 16.5. The van der Waals surface area contributed by atoms with E-state index in [1.807, 2.05) is 18.2 Å². The Balaban J connectivity index is 2.26. The van der Waals surface area contributed by atoms with Crippen LogP contribution in [0.4, 0.5) is 0 Å². The molecule has 1 aromatic rings. The third-order valence-corrected chi connectivity index (χ3v) is 3.04. The minimum atomic E-state index is -1.04. The van der Waals surface area contributed by atoms with Gasteiger partial charge in [-0.15, -0.1) is 0 Å². The number of hydrogen-bond donors (Lipinski definition) is 2. The van der Waals surface area contributed by atoms with Crippen molar-refractivity contribution in [3.63, 3.8) is 0 Å². The zero-order valence-electron chi connectivity index (χ0n) is 10.3. The number of carboxylic acids is 2. The molecule has 0 aromatic heterocycles. The second-order valence-corrected chi connectivity index (χ2v) is 4.38. The van der Waals surface area contributed by atoms with Crippen molar-refractivity contribution in [2.45, 2.75) is 12.5 Å². The predicted molar refractivity (Wildman–Crippen MR) is 66.1 cm³/mol. The highest BCUT2D eigenvalue weighted by Gasteiger charge is 2.29. The van der Waals surface area contributed by atoms with Crippen molar-refractivity contribution in [2.75, 3.05) is 19.7 Å². The zero-order chi connectivity index (χ0) is 13.8. The van der Waals surface area contributed by atoms with Crippen LogP contribution in [0.3, 0.4) is 0 Å². The summed E-state index contributed by atoms with van der Waals surface area (Å²) in [5.41, 5.74) is 0.844. The second kappa shape index (κ2) is 5.71. The van der Waals surface area contributed by atoms with Crippen molar-refractivity contribution in [3.05, 3.63) is 29.8 Å². The number of hydrogen-bond acceptors (Lipinski definition) is 4. The Morgan fingerprint density at radius 1 is 1.21 bits per heavy atom. The fourth-order valence-electron chi connectivity index (χ4n) is 2.33. The van der Waals surface area contributed by atoms with Crippen LogP contribution in [0.5, 0.6) is 5.75 Å². The molecule has 2 rings (SSSR count). The van der Waals surface area contributed by atoms with Crippen LogP contribution in [0.1, 0.15) is 18.0 Å². The van der Waals surface area contributed by atoms with E-state index in [1.54, 1.807) is 6.07 Å². The molecule has 1 unspecified atom stereocenters. The number of ether oxygens (including phenoxy) is 1. The van der Waals surface area contributed by atoms with Crippen LogP contribution >= 0.6 is 0 Å². The molecule has 2 N–H and O–H groups in total. The topological polar surface area (TPSA) is 87.1 Å². The summed E-state index contributed by atoms with van der Waals surface area (Å²) in [6, 6.07) is 7.08. The Morgan fingerprint density at radius 3 is 2.47 bits per heavy atom. The molecule has 0 fully saturated rings. The Bertz CT molecular complexity index is 472. The highest BCUT2D eigenvalue weighted by Crippen LogP contribution is 2.35. The molecule has 6 nitrogen and oxygen atoms in total. The minimum absolute atomic E-state index is 0.239. The number of carbonyl (C=O) groups is 2. The van der Waals surface area contributed by atoms with Gasteiger partial charge in [-0.2, -0.15) is 0 Å². The van der Waals surface area contributed by atoms with Crippen LogP contribution in [0.15, 0.2) is 24.3 Å². The number of fused-ring (bicyclic) bond motifs is 1. The maximum Gasteiger partial charge on any atom is 0.317 e. The molecular weight excluding hydrogens is 250 g/mol. The number of para-hydroxylation sites is 1. The van der Waals surface area contributed by atoms with Gasteiger partial charge in [0.25, 0.3) is 0 Å². The first kappa shape index (κ1) is 13.4. The van der Waals surface area contributed by atoms with Gasteiger partial charge in [0, 0.05) is 18.0 Å². The van der Waals surface area contributed by atoms with Gasteiger partial charge in [0.2, 0.25) is 0 Å². The van der Waals surface area contributed by atoms with Crippen molar-refractivity contribution < 1.29 is 24.5 Å². The van der Waals surface area contributed by atoms with E-state index in [2.05, 4.69) is 0 Å². The molecule has 1 aromatic carbocycles. The Labute approximate surface area is 110 Å². The third kappa shape index (κ3) is 3.23. The Kier molecular flexibility index (Phi) is 4.01. The average molecular weight is 265 g/mol. The van der Waals surface area contributed by atoms with E-state index in [9.17, 15) is 9.59 Å². The third-order valence-electron chi connectivity index (χ3n) is 3.04. The van der Waals surface area contributed by atoms with Crippen molar-refractivity contribution in [1.29, 1.82) is 0 Å². The molecule has 0 amide bonds. The average Bonchev–Trinajstić information content (AvgIpc) is 2.36. The number of nitrogens with zero attached hydrogens (tertiary/aromatic N) is 1. The second-order valence-electron chi connectivity index (χ2n) is 4.38. The molecule has 0 aliphatic carbocycles. The van der Waals surface area contributed by atoms with Gasteiger partial charge in [-0.05, 0) is 6.07 Å². The molecular formula is C13H15NO5. The van der Waals surface area contributed by atoms with E-state index >= 15 is 0 Å². The van der Waals surface area contributed by atoms with E-state index in [4.69, 9.17) is 14.9 Å². The molecule has 0 spiro atoms. The Morgan fingerprint density at radius 2 is 1.84 bits per heavy atom. The van der Waals surface area contributed by atoms with Crippen LogP contribution in [-0.4, -0.2) is 46.7 Å². The largest absolute Gasteiger partial charge is 0.493 e. The quantitative estimate of drug-likeness (QED) is 0.825. The van der Waals surface area contributed by atoms with Crippen LogP contribution in [-0.2, 0) is 9.59 Å². The molecule has 6 heteroatoms. The summed E-state index contributed by atoms with van der Waals surface area (Å²) in [5.74, 6) is -1.38. The first-order chi connectivity index (χ1) is 9.08. The molecule has 0 bridgehead atoms. The van der Waals surface area contributed by atoms with Gasteiger partial charge in [-0.1, -0.05) is 18.2 Å². The van der Waals surface area contributed by atoms with Gasteiger partial charge >= 0.3 is 11.9 Å². The van der Waals surface area contributed by atoms with Gasteiger partial charge < -0.3 is 14.9 Å². The van der Waals surface area contributed by atoms with Crippen LogP contribution in [0.2, 0.25) is 0 Å². The van der Waals surface area contributed by atoms with Crippen molar-refractivity contribution in [2.24, 2.45) is 0 Å². The number of rotatable bonds is 5. The Hall–Kier alpha value is -2.08. The van der Waals surface area contributed by atoms with Crippen LogP contribution < -0.4 is 4.74 Å². The summed E-state index contributed by atoms with van der Waals surface area (Å²) < 4.78 is 5.49. The molecule has 0 radical (unpaired) electrons. The molecule has 0 saturated carbocycles. The fraction of sp³-hybridized carbons (Fsp3) is 0.385. The molecule has 1 aliphatic heterocycles. The standard InChI is InChI=1S/C13H15NO5/c15-12(16)7-14(8-13(17)18)10-5-6-19-11-4-2-1-3-9(10)11/h1-4,10H,5-8H2,(H,15,16)(H,17,18). The van der Waals surface area contributed by atoms with E-state index in [-0.39, 0.29) is 19.1 Å². The van der Waals surface area contributed by atoms with Gasteiger partial charge in [0.15, 0.2) is 0 Å². The highest BCUT2D eigenvalue weighted by molar-refractivity contribution is 5.72. The van der Waals surface area contributed by atoms with Gasteiger partial charge in [0.1, 0.15) is 5.75 Å². The SMILES string of the molecule is O=C(O)CN(CC(=O)O)C1CCOc2ccccc21. The summed E-state index contributed by atoms with van der Waals surface area (Å²) in [6.45, 7) is -0.145. The summed E-state index contributed by atoms with van der Waals surface area (Å²) in [5, 5.41) is 17.8. The van der Waals surface area contributed by atoms with Crippen LogP contribution in [0, 0.1) is 0 Å². The number of carboxylic acid groups (broad SMARTS) is 2. The lowest BCUT2D eigenvalue weighted by molar-refractivity contribution is -0.143. The monoisotopic (exact) mass is 265 g/mol. The van der Waals surface area contributed by atoms with Crippen molar-refractivity contribution >= 4 is 11.9 Å². The predicted octanol–water partition coefficient (Wildman–Crippen LogP) is 0.981. The van der Waals surface area contributed by atoms with Crippen molar-refractivity contribution in [3.8, 4) is 5.75 Å². The van der Waals surface area contributed by atoms with Crippen molar-refractivity contribution in [1.82, 2.24) is 4.90 Å². The summed E-state index contributed by atoms with van der Waals surface area (Å²) in [7, 11) is 0. The zero-order valence-corrected chi connectivity index (χ0v) is 10.3. The number of aliphatic carboxylic acids is 2. The lowest BCUT2D eigenvalue weighted by Gasteiger charge is -2.33. The van der Waals surface area contributed by atoms with E-state index < -0.39 is 11.9 Å². The minimum Gasteiger partial charge on any atom is -0.493 e. The van der Waals surface area contributed by atoms with Crippen LogP contribution in [0.25, 0.3) is 0 Å². The molecule has 1 heterocycles. The first-order valence-corrected chi connectivity index (χ1v) is 5.97. The van der Waals surface area contributed by atoms with Gasteiger partial charge in [-0.25, -0.2) is 0 Å². The summed E-state index contributed by atoms with van der Waals surface area (Å²) in [4.78, 5) is 23.2. The van der Waals surface area contributed by atoms with E-state index in [1.165, 1.54) is 4.90 Å². The van der Waals surface area contributed by atoms with Gasteiger partial charge in [0.05, 0.1) is 19.7 Å². The fourth-order valence-corrected chi connectivity index (χ4v) is 2.33. The molecule has 102 valence electrons. The smallest absolute Gasteiger partial charge is 0.317 e. The molecule has 1 atom stereocenters. The maximum atomic E-state index is 10.9. The lowest BCUT2D eigenvalue weighted by Crippen LogP contribution is -2.39. The van der Waals surface area contributed by atoms with E-state index in [0.29, 0.717) is 18.8 Å². The number of benzene rings is 1. The lowest BCUT2D eigenvalue weighted by atomic mass is 9.99. The maximum absolute atomic E-state index is 10.9. The first-order valence-electron chi connectivity index (χ1n) is 5.97. The summed E-state index contributed by atoms with van der Waals surface area (Å²) >= 11 is 0.